The molecule has 1 atom stereocenters. The number of rotatable bonds is 6. The molecule has 0 radical (unpaired) electrons. The van der Waals surface area contributed by atoms with E-state index in [0.29, 0.717) is 18.8 Å². The van der Waals surface area contributed by atoms with Gasteiger partial charge in [0.15, 0.2) is 0 Å². The molecule has 7 nitrogen and oxygen atoms in total. The lowest BCUT2D eigenvalue weighted by molar-refractivity contribution is -0.384. The van der Waals surface area contributed by atoms with E-state index in [1.807, 2.05) is 0 Å². The summed E-state index contributed by atoms with van der Waals surface area (Å²) in [6, 6.07) is 6.42. The molecular formula is C14H18N4O3. The minimum atomic E-state index is -0.522. The van der Waals surface area contributed by atoms with Gasteiger partial charge in [-0.25, -0.2) is 0 Å². The normalized spacial score (nSPS) is 11.3. The van der Waals surface area contributed by atoms with Gasteiger partial charge >= 0.3 is 0 Å². The van der Waals surface area contributed by atoms with Crippen LogP contribution < -0.4 is 10.2 Å². The van der Waals surface area contributed by atoms with E-state index in [4.69, 9.17) is 5.26 Å². The standard InChI is InChI=1S/C14H18N4O3/c1-4-16-14(19)11-5-6-12(13(7-11)18(20)21)17(3)9-10(2)8-15/h5-7,10H,4,9H2,1-3H3,(H,16,19). The summed E-state index contributed by atoms with van der Waals surface area (Å²) in [5.74, 6) is -0.599. The number of amides is 1. The highest BCUT2D eigenvalue weighted by atomic mass is 16.6. The van der Waals surface area contributed by atoms with Gasteiger partial charge in [-0.05, 0) is 26.0 Å². The third-order valence-corrected chi connectivity index (χ3v) is 2.95. The zero-order valence-electron chi connectivity index (χ0n) is 12.3. The van der Waals surface area contributed by atoms with Crippen LogP contribution in [0.2, 0.25) is 0 Å². The van der Waals surface area contributed by atoms with Gasteiger partial charge in [0.1, 0.15) is 5.69 Å². The van der Waals surface area contributed by atoms with Crippen LogP contribution in [0, 0.1) is 27.4 Å². The Bertz CT molecular complexity index is 580. The van der Waals surface area contributed by atoms with Crippen molar-refractivity contribution in [3.8, 4) is 6.07 Å². The second-order valence-electron chi connectivity index (χ2n) is 4.73. The summed E-state index contributed by atoms with van der Waals surface area (Å²) in [5, 5.41) is 22.6. The van der Waals surface area contributed by atoms with Gasteiger partial charge in [0.2, 0.25) is 0 Å². The van der Waals surface area contributed by atoms with Gasteiger partial charge in [-0.1, -0.05) is 0 Å². The van der Waals surface area contributed by atoms with E-state index in [-0.39, 0.29) is 23.1 Å². The Morgan fingerprint density at radius 3 is 2.76 bits per heavy atom. The fourth-order valence-corrected chi connectivity index (χ4v) is 1.95. The highest BCUT2D eigenvalue weighted by Gasteiger charge is 2.20. The highest BCUT2D eigenvalue weighted by Crippen LogP contribution is 2.29. The number of hydrogen-bond acceptors (Lipinski definition) is 5. The van der Waals surface area contributed by atoms with Crippen LogP contribution in [-0.2, 0) is 0 Å². The summed E-state index contributed by atoms with van der Waals surface area (Å²) >= 11 is 0. The van der Waals surface area contributed by atoms with Crippen molar-refractivity contribution in [2.45, 2.75) is 13.8 Å². The molecular weight excluding hydrogens is 272 g/mol. The Morgan fingerprint density at radius 2 is 2.24 bits per heavy atom. The van der Waals surface area contributed by atoms with Gasteiger partial charge in [0.05, 0.1) is 16.9 Å². The van der Waals surface area contributed by atoms with Crippen LogP contribution in [0.4, 0.5) is 11.4 Å². The predicted octanol–water partition coefficient (Wildman–Crippen LogP) is 1.94. The maximum Gasteiger partial charge on any atom is 0.293 e. The SMILES string of the molecule is CCNC(=O)c1ccc(N(C)CC(C)C#N)c([N+](=O)[O-])c1. The number of benzene rings is 1. The van der Waals surface area contributed by atoms with E-state index < -0.39 is 4.92 Å². The second kappa shape index (κ2) is 7.24. The molecule has 1 aromatic rings. The van der Waals surface area contributed by atoms with Crippen molar-refractivity contribution < 1.29 is 9.72 Å². The third-order valence-electron chi connectivity index (χ3n) is 2.95. The number of carbonyl (C=O) groups is 1. The number of nitriles is 1. The quantitative estimate of drug-likeness (QED) is 0.637. The topological polar surface area (TPSA) is 99.3 Å². The van der Waals surface area contributed by atoms with Crippen LogP contribution in [0.1, 0.15) is 24.2 Å². The van der Waals surface area contributed by atoms with E-state index in [1.54, 1.807) is 31.9 Å². The van der Waals surface area contributed by atoms with Crippen molar-refractivity contribution in [2.24, 2.45) is 5.92 Å². The summed E-state index contributed by atoms with van der Waals surface area (Å²) in [4.78, 5) is 24.1. The minimum Gasteiger partial charge on any atom is -0.368 e. The molecule has 0 fully saturated rings. The molecule has 0 bridgehead atoms. The average molecular weight is 290 g/mol. The molecule has 0 aromatic heterocycles. The summed E-state index contributed by atoms with van der Waals surface area (Å²) in [6.07, 6.45) is 0. The molecule has 0 spiro atoms. The largest absolute Gasteiger partial charge is 0.368 e. The number of nitro benzene ring substituents is 1. The number of nitrogens with one attached hydrogen (secondary N) is 1. The molecule has 1 aromatic carbocycles. The fraction of sp³-hybridized carbons (Fsp3) is 0.429. The van der Waals surface area contributed by atoms with E-state index >= 15 is 0 Å². The molecule has 0 aliphatic carbocycles. The van der Waals surface area contributed by atoms with Crippen molar-refractivity contribution >= 4 is 17.3 Å². The Balaban J connectivity index is 3.14. The Kier molecular flexibility index (Phi) is 5.67. The molecule has 0 aliphatic rings. The predicted molar refractivity (Wildman–Crippen MR) is 79.2 cm³/mol. The van der Waals surface area contributed by atoms with Crippen LogP contribution in [0.3, 0.4) is 0 Å². The van der Waals surface area contributed by atoms with Crippen molar-refractivity contribution in [1.29, 1.82) is 5.26 Å². The number of anilines is 1. The molecule has 21 heavy (non-hydrogen) atoms. The van der Waals surface area contributed by atoms with Crippen LogP contribution >= 0.6 is 0 Å². The molecule has 112 valence electrons. The zero-order valence-corrected chi connectivity index (χ0v) is 12.3. The minimum absolute atomic E-state index is 0.147. The van der Waals surface area contributed by atoms with Crippen LogP contribution in [-0.4, -0.2) is 31.0 Å². The van der Waals surface area contributed by atoms with Crippen LogP contribution in [0.15, 0.2) is 18.2 Å². The average Bonchev–Trinajstić information content (AvgIpc) is 2.46. The number of hydrogen-bond donors (Lipinski definition) is 1. The molecule has 1 N–H and O–H groups in total. The zero-order chi connectivity index (χ0) is 16.0. The fourth-order valence-electron chi connectivity index (χ4n) is 1.95. The first-order valence-corrected chi connectivity index (χ1v) is 6.58. The molecule has 0 saturated carbocycles. The Hall–Kier alpha value is -2.62. The van der Waals surface area contributed by atoms with Gasteiger partial charge in [-0.3, -0.25) is 14.9 Å². The molecule has 0 aliphatic heterocycles. The number of nitro groups is 1. The summed E-state index contributed by atoms with van der Waals surface area (Å²) in [6.45, 7) is 4.34. The van der Waals surface area contributed by atoms with Crippen LogP contribution in [0.25, 0.3) is 0 Å². The molecule has 1 amide bonds. The smallest absolute Gasteiger partial charge is 0.293 e. The highest BCUT2D eigenvalue weighted by molar-refractivity contribution is 5.95. The van der Waals surface area contributed by atoms with Crippen molar-refractivity contribution in [2.75, 3.05) is 25.0 Å². The van der Waals surface area contributed by atoms with Gasteiger partial charge < -0.3 is 10.2 Å². The van der Waals surface area contributed by atoms with E-state index in [9.17, 15) is 14.9 Å². The maximum atomic E-state index is 11.7. The lowest BCUT2D eigenvalue weighted by Gasteiger charge is -2.20. The van der Waals surface area contributed by atoms with E-state index in [1.165, 1.54) is 12.1 Å². The number of carbonyl (C=O) groups excluding carboxylic acids is 1. The van der Waals surface area contributed by atoms with Crippen molar-refractivity contribution in [3.63, 3.8) is 0 Å². The first kappa shape index (κ1) is 16.4. The van der Waals surface area contributed by atoms with Crippen molar-refractivity contribution in [1.82, 2.24) is 5.32 Å². The van der Waals surface area contributed by atoms with Gasteiger partial charge in [-0.15, -0.1) is 0 Å². The number of nitrogens with zero attached hydrogens (tertiary/aromatic N) is 3. The second-order valence-corrected chi connectivity index (χ2v) is 4.73. The van der Waals surface area contributed by atoms with Gasteiger partial charge in [0.25, 0.3) is 11.6 Å². The molecule has 0 heterocycles. The molecule has 7 heteroatoms. The summed E-state index contributed by atoms with van der Waals surface area (Å²) in [7, 11) is 1.68. The van der Waals surface area contributed by atoms with Crippen molar-refractivity contribution in [3.05, 3.63) is 33.9 Å². The third kappa shape index (κ3) is 4.18. The first-order valence-electron chi connectivity index (χ1n) is 6.58. The monoisotopic (exact) mass is 290 g/mol. The molecule has 1 rings (SSSR count). The summed E-state index contributed by atoms with van der Waals surface area (Å²) in [5.41, 5.74) is 0.482. The summed E-state index contributed by atoms with van der Waals surface area (Å²) < 4.78 is 0. The van der Waals surface area contributed by atoms with Gasteiger partial charge in [0, 0.05) is 31.8 Å². The first-order chi connectivity index (χ1) is 9.90. The molecule has 0 saturated heterocycles. The lowest BCUT2D eigenvalue weighted by atomic mass is 10.1. The lowest BCUT2D eigenvalue weighted by Crippen LogP contribution is -2.25. The Labute approximate surface area is 123 Å². The Morgan fingerprint density at radius 1 is 1.57 bits per heavy atom. The van der Waals surface area contributed by atoms with Gasteiger partial charge in [-0.2, -0.15) is 5.26 Å². The molecule has 1 unspecified atom stereocenters. The van der Waals surface area contributed by atoms with E-state index in [2.05, 4.69) is 11.4 Å². The van der Waals surface area contributed by atoms with Crippen LogP contribution in [0.5, 0.6) is 0 Å². The maximum absolute atomic E-state index is 11.7. The van der Waals surface area contributed by atoms with E-state index in [0.717, 1.165) is 0 Å².